The van der Waals surface area contributed by atoms with E-state index in [-0.39, 0.29) is 0 Å². The third kappa shape index (κ3) is 5.36. The molecule has 0 saturated heterocycles. The van der Waals surface area contributed by atoms with Crippen molar-refractivity contribution in [2.75, 3.05) is 0 Å². The average molecular weight is 383 g/mol. The molecule has 1 heterocycles. The Labute approximate surface area is 157 Å². The Kier molecular flexibility index (Phi) is 6.90. The largest absolute Gasteiger partial charge is 0.358 e. The van der Waals surface area contributed by atoms with Gasteiger partial charge in [-0.05, 0) is 52.0 Å². The highest BCUT2D eigenvalue weighted by Gasteiger charge is 2.10. The smallest absolute Gasteiger partial charge is 0.252 e. The Morgan fingerprint density at radius 1 is 1.08 bits per heavy atom. The lowest BCUT2D eigenvalue weighted by Crippen LogP contribution is -2.35. The summed E-state index contributed by atoms with van der Waals surface area (Å²) >= 11 is 13.6. The normalized spacial score (nSPS) is 11.7. The third-order valence-electron chi connectivity index (χ3n) is 3.24. The number of halogens is 2. The predicted molar refractivity (Wildman–Crippen MR) is 103 cm³/mol. The van der Waals surface area contributed by atoms with Crippen LogP contribution < -0.4 is 0 Å². The van der Waals surface area contributed by atoms with Crippen molar-refractivity contribution < 1.29 is 0 Å². The monoisotopic (exact) mass is 382 g/mol. The number of aliphatic imine (C=N–C) groups is 1. The number of aromatic nitrogens is 2. The molecule has 1 aromatic heterocycles. The molecule has 0 amide bonds. The van der Waals surface area contributed by atoms with Crippen LogP contribution in [0.4, 0.5) is 5.95 Å². The molecule has 7 heteroatoms. The first-order chi connectivity index (χ1) is 11.4. The second kappa shape index (κ2) is 8.70. The van der Waals surface area contributed by atoms with Crippen LogP contribution in [0, 0.1) is 0 Å². The summed E-state index contributed by atoms with van der Waals surface area (Å²) < 4.78 is 0. The van der Waals surface area contributed by atoms with E-state index in [1.807, 2.05) is 24.3 Å². The maximum absolute atomic E-state index is 6.27. The van der Waals surface area contributed by atoms with E-state index in [0.29, 0.717) is 28.2 Å². The molecule has 0 saturated carbocycles. The van der Waals surface area contributed by atoms with Gasteiger partial charge in [0.1, 0.15) is 5.15 Å². The van der Waals surface area contributed by atoms with Gasteiger partial charge in [0.05, 0.1) is 11.2 Å². The number of hydrogen-bond donors (Lipinski definition) is 0. The van der Waals surface area contributed by atoms with Gasteiger partial charge in [0, 0.05) is 28.2 Å². The van der Waals surface area contributed by atoms with Gasteiger partial charge in [-0.3, -0.25) is 0 Å². The van der Waals surface area contributed by atoms with Gasteiger partial charge in [-0.15, -0.1) is 0 Å². The molecule has 4 nitrogen and oxygen atoms in total. The molecule has 1 aromatic carbocycles. The van der Waals surface area contributed by atoms with Gasteiger partial charge < -0.3 is 4.90 Å². The predicted octanol–water partition coefficient (Wildman–Crippen LogP) is 5.71. The Hall–Kier alpha value is -1.30. The van der Waals surface area contributed by atoms with Gasteiger partial charge in [-0.2, -0.15) is 4.98 Å². The van der Waals surface area contributed by atoms with Crippen LogP contribution in [0.25, 0.3) is 0 Å². The van der Waals surface area contributed by atoms with E-state index < -0.39 is 0 Å². The first-order valence-electron chi connectivity index (χ1n) is 7.64. The minimum atomic E-state index is 0.351. The summed E-state index contributed by atoms with van der Waals surface area (Å²) in [7, 11) is 0. The number of rotatable bonds is 6. The van der Waals surface area contributed by atoms with Crippen molar-refractivity contribution in [3.63, 3.8) is 0 Å². The molecule has 0 aliphatic rings. The summed E-state index contributed by atoms with van der Waals surface area (Å²) in [6.45, 7) is 8.47. The van der Waals surface area contributed by atoms with Crippen LogP contribution in [0.5, 0.6) is 0 Å². The van der Waals surface area contributed by atoms with Crippen LogP contribution in [0.15, 0.2) is 45.2 Å². The minimum Gasteiger partial charge on any atom is -0.358 e. The molecule has 0 aliphatic carbocycles. The van der Waals surface area contributed by atoms with Gasteiger partial charge in [0.15, 0.2) is 0 Å². The van der Waals surface area contributed by atoms with E-state index in [2.05, 4.69) is 47.6 Å². The Morgan fingerprint density at radius 2 is 1.71 bits per heavy atom. The van der Waals surface area contributed by atoms with Crippen LogP contribution in [0.1, 0.15) is 27.7 Å². The van der Waals surface area contributed by atoms with E-state index in [4.69, 9.17) is 23.2 Å². The summed E-state index contributed by atoms with van der Waals surface area (Å²) in [4.78, 5) is 16.8. The maximum Gasteiger partial charge on any atom is 0.252 e. The standard InChI is InChI=1S/C17H20Cl2N4S/c1-11(2)23(12(3)4)10-21-17-20-9-15(16(19)22-17)24-14-7-5-13(18)6-8-14/h5-12H,1-4H3. The highest BCUT2D eigenvalue weighted by molar-refractivity contribution is 7.99. The fourth-order valence-electron chi connectivity index (χ4n) is 2.08. The molecule has 128 valence electrons. The average Bonchev–Trinajstić information content (AvgIpc) is 2.51. The van der Waals surface area contributed by atoms with Crippen LogP contribution in [-0.4, -0.2) is 33.3 Å². The first-order valence-corrected chi connectivity index (χ1v) is 9.21. The Morgan fingerprint density at radius 3 is 2.25 bits per heavy atom. The topological polar surface area (TPSA) is 41.4 Å². The highest BCUT2D eigenvalue weighted by atomic mass is 35.5. The molecule has 24 heavy (non-hydrogen) atoms. The van der Waals surface area contributed by atoms with Gasteiger partial charge in [-0.1, -0.05) is 35.0 Å². The zero-order valence-electron chi connectivity index (χ0n) is 14.1. The molecule has 0 spiro atoms. The summed E-state index contributed by atoms with van der Waals surface area (Å²) in [5.41, 5.74) is 0. The first kappa shape index (κ1) is 19.0. The number of hydrogen-bond acceptors (Lipinski definition) is 4. The Balaban J connectivity index is 2.13. The lowest BCUT2D eigenvalue weighted by atomic mass is 10.2. The van der Waals surface area contributed by atoms with Crippen LogP contribution in [-0.2, 0) is 0 Å². The molecular formula is C17H20Cl2N4S. The maximum atomic E-state index is 6.27. The summed E-state index contributed by atoms with van der Waals surface area (Å²) in [5.74, 6) is 0.353. The van der Waals surface area contributed by atoms with Crippen molar-refractivity contribution in [1.82, 2.24) is 14.9 Å². The van der Waals surface area contributed by atoms with Crippen molar-refractivity contribution in [1.29, 1.82) is 0 Å². The molecule has 0 fully saturated rings. The molecule has 0 aliphatic heterocycles. The zero-order valence-corrected chi connectivity index (χ0v) is 16.4. The number of nitrogens with zero attached hydrogens (tertiary/aromatic N) is 4. The van der Waals surface area contributed by atoms with Crippen LogP contribution in [0.3, 0.4) is 0 Å². The molecule has 0 bridgehead atoms. The quantitative estimate of drug-likeness (QED) is 0.364. The van der Waals surface area contributed by atoms with Gasteiger partial charge in [0.25, 0.3) is 5.95 Å². The van der Waals surface area contributed by atoms with Crippen molar-refractivity contribution in [3.05, 3.63) is 40.6 Å². The van der Waals surface area contributed by atoms with Crippen molar-refractivity contribution in [2.45, 2.75) is 49.6 Å². The Bertz CT molecular complexity index is 694. The van der Waals surface area contributed by atoms with Gasteiger partial charge >= 0.3 is 0 Å². The SMILES string of the molecule is CC(C)N(C=Nc1ncc(Sc2ccc(Cl)cc2)c(Cl)n1)C(C)C. The molecule has 2 rings (SSSR count). The minimum absolute atomic E-state index is 0.351. The van der Waals surface area contributed by atoms with Crippen molar-refractivity contribution in [2.24, 2.45) is 4.99 Å². The second-order valence-corrected chi connectivity index (χ2v) is 7.67. The lowest BCUT2D eigenvalue weighted by molar-refractivity contribution is 0.301. The van der Waals surface area contributed by atoms with E-state index in [0.717, 1.165) is 9.79 Å². The van der Waals surface area contributed by atoms with Gasteiger partial charge in [0.2, 0.25) is 0 Å². The number of benzene rings is 1. The molecule has 0 radical (unpaired) electrons. The van der Waals surface area contributed by atoms with E-state index in [1.165, 1.54) is 11.8 Å². The van der Waals surface area contributed by atoms with Crippen LogP contribution in [0.2, 0.25) is 10.2 Å². The van der Waals surface area contributed by atoms with E-state index >= 15 is 0 Å². The highest BCUT2D eigenvalue weighted by Crippen LogP contribution is 2.33. The molecule has 0 N–H and O–H groups in total. The van der Waals surface area contributed by atoms with Crippen molar-refractivity contribution in [3.8, 4) is 0 Å². The van der Waals surface area contributed by atoms with E-state index in [1.54, 1.807) is 12.5 Å². The molecule has 0 atom stereocenters. The van der Waals surface area contributed by atoms with Gasteiger partial charge in [-0.25, -0.2) is 9.98 Å². The molecular weight excluding hydrogens is 363 g/mol. The molecule has 2 aromatic rings. The zero-order chi connectivity index (χ0) is 17.7. The van der Waals surface area contributed by atoms with E-state index in [9.17, 15) is 0 Å². The van der Waals surface area contributed by atoms with Crippen LogP contribution >= 0.6 is 35.0 Å². The summed E-state index contributed by atoms with van der Waals surface area (Å²) in [6, 6.07) is 8.23. The fourth-order valence-corrected chi connectivity index (χ4v) is 3.21. The molecule has 0 unspecified atom stereocenters. The summed E-state index contributed by atoms with van der Waals surface area (Å²) in [6.07, 6.45) is 3.46. The fraction of sp³-hybridized carbons (Fsp3) is 0.353. The van der Waals surface area contributed by atoms with Crippen molar-refractivity contribution >= 4 is 47.3 Å². The lowest BCUT2D eigenvalue weighted by Gasteiger charge is -2.27. The second-order valence-electron chi connectivity index (χ2n) is 5.76. The third-order valence-corrected chi connectivity index (χ3v) is 4.92. The summed E-state index contributed by atoms with van der Waals surface area (Å²) in [5, 5.41) is 1.09.